The van der Waals surface area contributed by atoms with Crippen molar-refractivity contribution < 1.29 is 19.2 Å². The molecule has 0 saturated carbocycles. The highest BCUT2D eigenvalue weighted by Crippen LogP contribution is 2.31. The second kappa shape index (κ2) is 9.63. The number of benzene rings is 2. The smallest absolute Gasteiger partial charge is 0.356 e. The summed E-state index contributed by atoms with van der Waals surface area (Å²) >= 11 is 12.4. The minimum atomic E-state index is -0.553. The lowest BCUT2D eigenvalue weighted by atomic mass is 10.1. The Bertz CT molecular complexity index is 1200. The number of H-pyrrole nitrogens is 1. The van der Waals surface area contributed by atoms with Crippen molar-refractivity contribution in [1.29, 1.82) is 0 Å². The van der Waals surface area contributed by atoms with Gasteiger partial charge in [-0.2, -0.15) is 0 Å². The zero-order valence-electron chi connectivity index (χ0n) is 18.8. The molecule has 174 valence electrons. The maximum absolute atomic E-state index is 13.2. The molecular formula is C24H27Cl2N4O3+. The number of hydrogen-bond acceptors (Lipinski definition) is 4. The van der Waals surface area contributed by atoms with Gasteiger partial charge in [0.15, 0.2) is 6.04 Å². The van der Waals surface area contributed by atoms with Crippen LogP contribution in [0.5, 0.6) is 0 Å². The number of aromatic amines is 1. The Morgan fingerprint density at radius 2 is 1.79 bits per heavy atom. The van der Waals surface area contributed by atoms with E-state index < -0.39 is 5.97 Å². The second-order valence-electron chi connectivity index (χ2n) is 8.34. The van der Waals surface area contributed by atoms with E-state index in [9.17, 15) is 9.59 Å². The van der Waals surface area contributed by atoms with E-state index in [-0.39, 0.29) is 17.6 Å². The van der Waals surface area contributed by atoms with Gasteiger partial charge in [-0.1, -0.05) is 29.3 Å². The highest BCUT2D eigenvalue weighted by molar-refractivity contribution is 6.31. The predicted molar refractivity (Wildman–Crippen MR) is 132 cm³/mol. The van der Waals surface area contributed by atoms with E-state index in [1.807, 2.05) is 25.1 Å². The zero-order valence-corrected chi connectivity index (χ0v) is 20.3. The number of quaternary nitrogens is 1. The van der Waals surface area contributed by atoms with E-state index in [2.05, 4.69) is 22.1 Å². The van der Waals surface area contributed by atoms with Crippen molar-refractivity contribution in [3.05, 3.63) is 57.7 Å². The number of nitrogens with one attached hydrogen (secondary N) is 3. The van der Waals surface area contributed by atoms with Crippen LogP contribution in [0.2, 0.25) is 10.0 Å². The van der Waals surface area contributed by atoms with Gasteiger partial charge in [-0.05, 0) is 49.7 Å². The predicted octanol–water partition coefficient (Wildman–Crippen LogP) is 3.30. The number of aromatic nitrogens is 1. The molecule has 1 aromatic heterocycles. The van der Waals surface area contributed by atoms with E-state index >= 15 is 0 Å². The number of methoxy groups -OCH3 is 1. The summed E-state index contributed by atoms with van der Waals surface area (Å²) in [6.45, 7) is 7.25. The topological polar surface area (TPSA) is 78.9 Å². The fourth-order valence-corrected chi connectivity index (χ4v) is 4.70. The Balaban J connectivity index is 1.48. The third kappa shape index (κ3) is 4.81. The van der Waals surface area contributed by atoms with Gasteiger partial charge in [0.2, 0.25) is 0 Å². The van der Waals surface area contributed by atoms with Crippen LogP contribution in [0.1, 0.15) is 23.0 Å². The fraction of sp³-hybridized carbons (Fsp3) is 0.333. The van der Waals surface area contributed by atoms with Crippen LogP contribution >= 0.6 is 23.2 Å². The molecule has 0 radical (unpaired) electrons. The maximum atomic E-state index is 13.2. The van der Waals surface area contributed by atoms with Crippen LogP contribution in [0, 0.1) is 6.92 Å². The van der Waals surface area contributed by atoms with Crippen molar-refractivity contribution in [3.63, 3.8) is 0 Å². The number of piperazine rings is 1. The molecule has 1 aliphatic heterocycles. The molecule has 7 nitrogen and oxygen atoms in total. The molecule has 0 aliphatic carbocycles. The number of aryl methyl sites for hydroxylation is 1. The lowest BCUT2D eigenvalue weighted by Gasteiger charge is -2.36. The molecule has 2 aromatic carbocycles. The summed E-state index contributed by atoms with van der Waals surface area (Å²) in [5, 5.41) is 4.85. The third-order valence-electron chi connectivity index (χ3n) is 6.32. The first-order chi connectivity index (χ1) is 15.8. The molecule has 2 heterocycles. The third-order valence-corrected chi connectivity index (χ3v) is 6.79. The summed E-state index contributed by atoms with van der Waals surface area (Å²) in [7, 11) is 1.31. The van der Waals surface area contributed by atoms with Crippen molar-refractivity contribution in [1.82, 2.24) is 4.98 Å². The number of esters is 1. The Kier molecular flexibility index (Phi) is 6.83. The number of nitrogens with zero attached hydrogens (tertiary/aromatic N) is 1. The molecule has 3 aromatic rings. The summed E-state index contributed by atoms with van der Waals surface area (Å²) in [4.78, 5) is 32.0. The molecule has 33 heavy (non-hydrogen) atoms. The van der Waals surface area contributed by atoms with Crippen molar-refractivity contribution in [2.24, 2.45) is 0 Å². The molecule has 9 heteroatoms. The monoisotopic (exact) mass is 489 g/mol. The van der Waals surface area contributed by atoms with Gasteiger partial charge in [0, 0.05) is 26.6 Å². The summed E-state index contributed by atoms with van der Waals surface area (Å²) in [6, 6.07) is 10.8. The van der Waals surface area contributed by atoms with Crippen LogP contribution in [-0.2, 0) is 9.53 Å². The SMILES string of the molecule is COC(=O)c1[nH]c2ccc(Cl)cc2c1NC(=O)[C@H](C)[NH+]1CCN(c2cc(Cl)ccc2C)CC1. The average Bonchev–Trinajstić information content (AvgIpc) is 3.17. The molecule has 0 unspecified atom stereocenters. The van der Waals surface area contributed by atoms with Gasteiger partial charge >= 0.3 is 5.97 Å². The van der Waals surface area contributed by atoms with Crippen LogP contribution in [0.4, 0.5) is 11.4 Å². The number of rotatable bonds is 5. The first-order valence-electron chi connectivity index (χ1n) is 10.8. The molecular weight excluding hydrogens is 463 g/mol. The van der Waals surface area contributed by atoms with Gasteiger partial charge in [0.25, 0.3) is 5.91 Å². The quantitative estimate of drug-likeness (QED) is 0.480. The molecule has 1 amide bonds. The Morgan fingerprint density at radius 1 is 1.12 bits per heavy atom. The van der Waals surface area contributed by atoms with E-state index in [1.54, 1.807) is 18.2 Å². The van der Waals surface area contributed by atoms with E-state index in [1.165, 1.54) is 17.6 Å². The van der Waals surface area contributed by atoms with E-state index in [0.29, 0.717) is 21.6 Å². The molecule has 0 bridgehead atoms. The highest BCUT2D eigenvalue weighted by atomic mass is 35.5. The fourth-order valence-electron chi connectivity index (χ4n) is 4.36. The first kappa shape index (κ1) is 23.4. The van der Waals surface area contributed by atoms with Crippen LogP contribution in [-0.4, -0.2) is 56.2 Å². The van der Waals surface area contributed by atoms with Crippen LogP contribution < -0.4 is 15.1 Å². The number of hydrogen-bond donors (Lipinski definition) is 3. The van der Waals surface area contributed by atoms with Crippen LogP contribution in [0.25, 0.3) is 10.9 Å². The minimum absolute atomic E-state index is 0.164. The number of fused-ring (bicyclic) bond motifs is 1. The average molecular weight is 490 g/mol. The molecule has 3 N–H and O–H groups in total. The normalized spacial score (nSPS) is 15.5. The van der Waals surface area contributed by atoms with E-state index in [4.69, 9.17) is 27.9 Å². The second-order valence-corrected chi connectivity index (χ2v) is 9.22. The summed E-state index contributed by atoms with van der Waals surface area (Å²) in [5.74, 6) is -0.716. The lowest BCUT2D eigenvalue weighted by molar-refractivity contribution is -0.914. The van der Waals surface area contributed by atoms with E-state index in [0.717, 1.165) is 36.9 Å². The number of halogens is 2. The van der Waals surface area contributed by atoms with Gasteiger partial charge in [-0.15, -0.1) is 0 Å². The maximum Gasteiger partial charge on any atom is 0.356 e. The van der Waals surface area contributed by atoms with Gasteiger partial charge in [0.1, 0.15) is 5.69 Å². The van der Waals surface area contributed by atoms with Crippen LogP contribution in [0.15, 0.2) is 36.4 Å². The summed E-state index contributed by atoms with van der Waals surface area (Å²) in [5.41, 5.74) is 3.61. The van der Waals surface area contributed by atoms with Crippen molar-refractivity contribution in [2.75, 3.05) is 43.5 Å². The van der Waals surface area contributed by atoms with Gasteiger partial charge in [-0.3, -0.25) is 4.79 Å². The van der Waals surface area contributed by atoms with Gasteiger partial charge < -0.3 is 24.8 Å². The molecule has 1 aliphatic rings. The van der Waals surface area contributed by atoms with Gasteiger partial charge in [0.05, 0.1) is 39.0 Å². The zero-order chi connectivity index (χ0) is 23.7. The first-order valence-corrected chi connectivity index (χ1v) is 11.6. The summed E-state index contributed by atoms with van der Waals surface area (Å²) in [6.07, 6.45) is 0. The Morgan fingerprint density at radius 3 is 2.48 bits per heavy atom. The van der Waals surface area contributed by atoms with Gasteiger partial charge in [-0.25, -0.2) is 4.79 Å². The molecule has 4 rings (SSSR count). The van der Waals surface area contributed by atoms with Crippen molar-refractivity contribution in [2.45, 2.75) is 19.9 Å². The molecule has 1 fully saturated rings. The lowest BCUT2D eigenvalue weighted by Crippen LogP contribution is -3.19. The summed E-state index contributed by atoms with van der Waals surface area (Å²) < 4.78 is 4.89. The number of amides is 1. The standard InChI is InChI=1S/C24H26Cl2N4O3/c1-14-4-5-17(26)13-20(14)30-10-8-29(9-11-30)15(2)23(31)28-21-18-12-16(25)6-7-19(18)27-22(21)24(32)33-3/h4-7,12-13,15,27H,8-11H2,1-3H3,(H,28,31)/p+1/t15-/m0/s1. The number of ether oxygens (including phenoxy) is 1. The Hall–Kier alpha value is -2.74. The molecule has 0 spiro atoms. The minimum Gasteiger partial charge on any atom is -0.464 e. The number of carbonyl (C=O) groups excluding carboxylic acids is 2. The molecule has 1 atom stereocenters. The Labute approximate surface area is 202 Å². The number of carbonyl (C=O) groups is 2. The largest absolute Gasteiger partial charge is 0.464 e. The molecule has 1 saturated heterocycles. The van der Waals surface area contributed by atoms with Crippen LogP contribution in [0.3, 0.4) is 0 Å². The van der Waals surface area contributed by atoms with Crippen molar-refractivity contribution in [3.8, 4) is 0 Å². The highest BCUT2D eigenvalue weighted by Gasteiger charge is 2.31. The number of anilines is 2. The van der Waals surface area contributed by atoms with Crippen molar-refractivity contribution >= 4 is 57.4 Å².